The van der Waals surface area contributed by atoms with Crippen molar-refractivity contribution in [3.05, 3.63) is 36.2 Å². The van der Waals surface area contributed by atoms with Gasteiger partial charge in [0, 0.05) is 12.2 Å². The molecule has 0 saturated carbocycles. The minimum Gasteiger partial charge on any atom is -0.354 e. The summed E-state index contributed by atoms with van der Waals surface area (Å²) >= 11 is 1.28. The van der Waals surface area contributed by atoms with Gasteiger partial charge in [-0.3, -0.25) is 14.2 Å². The molecule has 7 nitrogen and oxygen atoms in total. The zero-order valence-corrected chi connectivity index (χ0v) is 17.0. The van der Waals surface area contributed by atoms with Gasteiger partial charge >= 0.3 is 0 Å². The van der Waals surface area contributed by atoms with Gasteiger partial charge in [0.25, 0.3) is 0 Å². The summed E-state index contributed by atoms with van der Waals surface area (Å²) in [5.41, 5.74) is 2.20. The second-order valence-electron chi connectivity index (χ2n) is 6.60. The molecule has 0 aliphatic carbocycles. The lowest BCUT2D eigenvalue weighted by molar-refractivity contribution is -0.127. The lowest BCUT2D eigenvalue weighted by Crippen LogP contribution is -2.45. The lowest BCUT2D eigenvalue weighted by Gasteiger charge is -2.13. The number of nitrogens with zero attached hydrogens (tertiary/aromatic N) is 3. The Morgan fingerprint density at radius 2 is 1.89 bits per heavy atom. The predicted molar refractivity (Wildman–Crippen MR) is 107 cm³/mol. The van der Waals surface area contributed by atoms with Crippen LogP contribution in [0.4, 0.5) is 0 Å². The van der Waals surface area contributed by atoms with Crippen LogP contribution < -0.4 is 10.6 Å². The van der Waals surface area contributed by atoms with Crippen LogP contribution in [0.2, 0.25) is 0 Å². The van der Waals surface area contributed by atoms with Gasteiger partial charge in [0.1, 0.15) is 12.4 Å². The van der Waals surface area contributed by atoms with E-state index in [1.54, 1.807) is 13.3 Å². The first-order chi connectivity index (χ1) is 12.9. The normalized spacial score (nSPS) is 12.0. The summed E-state index contributed by atoms with van der Waals surface area (Å²) in [6.07, 6.45) is 2.49. The molecule has 0 aliphatic heterocycles. The van der Waals surface area contributed by atoms with Crippen LogP contribution >= 0.6 is 11.8 Å². The zero-order chi connectivity index (χ0) is 19.8. The highest BCUT2D eigenvalue weighted by molar-refractivity contribution is 7.99. The molecule has 0 radical (unpaired) electrons. The Labute approximate surface area is 164 Å². The van der Waals surface area contributed by atoms with Gasteiger partial charge in [0.05, 0.1) is 5.75 Å². The molecule has 2 amide bonds. The van der Waals surface area contributed by atoms with Crippen LogP contribution in [0.3, 0.4) is 0 Å². The van der Waals surface area contributed by atoms with Gasteiger partial charge in [-0.25, -0.2) is 0 Å². The molecule has 1 unspecified atom stereocenters. The fourth-order valence-corrected chi connectivity index (χ4v) is 3.14. The Bertz CT molecular complexity index is 758. The molecule has 1 heterocycles. The van der Waals surface area contributed by atoms with Gasteiger partial charge in [-0.05, 0) is 37.0 Å². The molecule has 2 aromatic rings. The molecule has 0 spiro atoms. The van der Waals surface area contributed by atoms with Crippen LogP contribution in [0, 0.1) is 0 Å². The molecule has 146 valence electrons. The van der Waals surface area contributed by atoms with Gasteiger partial charge in [0.2, 0.25) is 11.8 Å². The molecule has 0 aliphatic rings. The highest BCUT2D eigenvalue weighted by atomic mass is 32.2. The summed E-state index contributed by atoms with van der Waals surface area (Å²) in [4.78, 5) is 24.0. The summed E-state index contributed by atoms with van der Waals surface area (Å²) in [6, 6.07) is 7.63. The maximum Gasteiger partial charge on any atom is 0.242 e. The predicted octanol–water partition coefficient (Wildman–Crippen LogP) is 2.51. The fourth-order valence-electron chi connectivity index (χ4n) is 2.40. The molecule has 27 heavy (non-hydrogen) atoms. The van der Waals surface area contributed by atoms with Crippen molar-refractivity contribution >= 4 is 23.6 Å². The Morgan fingerprint density at radius 1 is 1.19 bits per heavy atom. The van der Waals surface area contributed by atoms with E-state index in [9.17, 15) is 9.59 Å². The first-order valence-corrected chi connectivity index (χ1v) is 10.1. The SMILES string of the molecule is CCCNC(=O)C(C)NC(=O)CSc1nncn1-c1ccc(C(C)C)cc1. The number of nitrogens with one attached hydrogen (secondary N) is 2. The van der Waals surface area contributed by atoms with Crippen LogP contribution in [0.15, 0.2) is 35.7 Å². The van der Waals surface area contributed by atoms with Crippen LogP contribution in [0.5, 0.6) is 0 Å². The Balaban J connectivity index is 1.92. The van der Waals surface area contributed by atoms with Crippen molar-refractivity contribution in [2.75, 3.05) is 12.3 Å². The first kappa shape index (κ1) is 21.0. The van der Waals surface area contributed by atoms with Gasteiger partial charge in [-0.1, -0.05) is 44.7 Å². The molecule has 2 N–H and O–H groups in total. The molecule has 0 fully saturated rings. The molecule has 8 heteroatoms. The maximum absolute atomic E-state index is 12.1. The van der Waals surface area contributed by atoms with E-state index in [4.69, 9.17) is 0 Å². The molecule has 1 atom stereocenters. The Morgan fingerprint density at radius 3 is 2.52 bits per heavy atom. The van der Waals surface area contributed by atoms with Crippen LogP contribution in [0.25, 0.3) is 5.69 Å². The molecular formula is C19H27N5O2S. The molecule has 0 bridgehead atoms. The number of thioether (sulfide) groups is 1. The lowest BCUT2D eigenvalue weighted by atomic mass is 10.0. The number of carbonyl (C=O) groups excluding carboxylic acids is 2. The van der Waals surface area contributed by atoms with E-state index < -0.39 is 6.04 Å². The van der Waals surface area contributed by atoms with Crippen molar-refractivity contribution in [1.29, 1.82) is 0 Å². The van der Waals surface area contributed by atoms with E-state index in [0.29, 0.717) is 17.6 Å². The van der Waals surface area contributed by atoms with E-state index in [-0.39, 0.29) is 17.6 Å². The van der Waals surface area contributed by atoms with Gasteiger partial charge in [-0.2, -0.15) is 0 Å². The number of hydrogen-bond donors (Lipinski definition) is 2. The van der Waals surface area contributed by atoms with E-state index in [2.05, 4.69) is 46.8 Å². The summed E-state index contributed by atoms with van der Waals surface area (Å²) < 4.78 is 1.85. The topological polar surface area (TPSA) is 88.9 Å². The fraction of sp³-hybridized carbons (Fsp3) is 0.474. The third-order valence-electron chi connectivity index (χ3n) is 4.01. The average molecular weight is 390 g/mol. The van der Waals surface area contributed by atoms with Crippen molar-refractivity contribution in [3.63, 3.8) is 0 Å². The Kier molecular flexibility index (Phi) is 7.84. The summed E-state index contributed by atoms with van der Waals surface area (Å²) in [5.74, 6) is 0.232. The number of amides is 2. The second kappa shape index (κ2) is 10.1. The monoisotopic (exact) mass is 389 g/mol. The van der Waals surface area contributed by atoms with Gasteiger partial charge < -0.3 is 10.6 Å². The van der Waals surface area contributed by atoms with E-state index >= 15 is 0 Å². The van der Waals surface area contributed by atoms with Gasteiger partial charge in [-0.15, -0.1) is 10.2 Å². The van der Waals surface area contributed by atoms with E-state index in [1.165, 1.54) is 17.3 Å². The van der Waals surface area contributed by atoms with Crippen molar-refractivity contribution in [2.45, 2.75) is 51.2 Å². The minimum atomic E-state index is -0.564. The molecule has 1 aromatic heterocycles. The zero-order valence-electron chi connectivity index (χ0n) is 16.2. The smallest absolute Gasteiger partial charge is 0.242 e. The Hall–Kier alpha value is -2.35. The second-order valence-corrected chi connectivity index (χ2v) is 7.54. The molecule has 1 aromatic carbocycles. The quantitative estimate of drug-likeness (QED) is 0.643. The number of hydrogen-bond acceptors (Lipinski definition) is 5. The van der Waals surface area contributed by atoms with Gasteiger partial charge in [0.15, 0.2) is 5.16 Å². The number of aromatic nitrogens is 3. The van der Waals surface area contributed by atoms with Crippen molar-refractivity contribution in [1.82, 2.24) is 25.4 Å². The largest absolute Gasteiger partial charge is 0.354 e. The third kappa shape index (κ3) is 6.09. The number of benzene rings is 1. The highest BCUT2D eigenvalue weighted by Gasteiger charge is 2.16. The first-order valence-electron chi connectivity index (χ1n) is 9.12. The third-order valence-corrected chi connectivity index (χ3v) is 4.95. The summed E-state index contributed by atoms with van der Waals surface area (Å²) in [7, 11) is 0. The van der Waals surface area contributed by atoms with E-state index in [0.717, 1.165) is 12.1 Å². The van der Waals surface area contributed by atoms with E-state index in [1.807, 2.05) is 23.6 Å². The average Bonchev–Trinajstić information content (AvgIpc) is 3.13. The van der Waals surface area contributed by atoms with Crippen LogP contribution in [-0.2, 0) is 9.59 Å². The molecular weight excluding hydrogens is 362 g/mol. The maximum atomic E-state index is 12.1. The molecule has 0 saturated heterocycles. The summed E-state index contributed by atoms with van der Waals surface area (Å²) in [5, 5.41) is 14.1. The van der Waals surface area contributed by atoms with Crippen molar-refractivity contribution in [3.8, 4) is 5.69 Å². The number of rotatable bonds is 9. The number of carbonyl (C=O) groups is 2. The van der Waals surface area contributed by atoms with Crippen LogP contribution in [-0.4, -0.2) is 44.9 Å². The molecule has 2 rings (SSSR count). The highest BCUT2D eigenvalue weighted by Crippen LogP contribution is 2.21. The van der Waals surface area contributed by atoms with Crippen molar-refractivity contribution in [2.24, 2.45) is 0 Å². The summed E-state index contributed by atoms with van der Waals surface area (Å²) in [6.45, 7) is 8.56. The standard InChI is InChI=1S/C19H27N5O2S/c1-5-10-20-18(26)14(4)22-17(25)11-27-19-23-21-12-24(19)16-8-6-15(7-9-16)13(2)3/h6-9,12-14H,5,10-11H2,1-4H3,(H,20,26)(H,22,25). The van der Waals surface area contributed by atoms with Crippen molar-refractivity contribution < 1.29 is 9.59 Å². The van der Waals surface area contributed by atoms with Crippen LogP contribution in [0.1, 0.15) is 45.6 Å². The minimum absolute atomic E-state index is 0.161.